The monoisotopic (exact) mass is 355 g/mol. The lowest BCUT2D eigenvalue weighted by atomic mass is 9.98. The second-order valence-electron chi connectivity index (χ2n) is 6.15. The Balaban J connectivity index is 1.64. The molecule has 1 atom stereocenters. The highest BCUT2D eigenvalue weighted by Crippen LogP contribution is 2.44. The lowest BCUT2D eigenvalue weighted by Crippen LogP contribution is -2.41. The number of hydrogen-bond donors (Lipinski definition) is 2. The first-order valence-corrected chi connectivity index (χ1v) is 8.46. The molecule has 0 saturated heterocycles. The largest absolute Gasteiger partial charge is 0.464 e. The highest BCUT2D eigenvalue weighted by molar-refractivity contribution is 5.79. The van der Waals surface area contributed by atoms with Crippen LogP contribution in [-0.4, -0.2) is 43.0 Å². The Bertz CT molecular complexity index is 759. The molecule has 6 nitrogen and oxygen atoms in total. The Morgan fingerprint density at radius 2 is 1.62 bits per heavy atom. The molecule has 0 aliphatic heterocycles. The molecule has 6 heteroatoms. The van der Waals surface area contributed by atoms with Crippen LogP contribution in [0.5, 0.6) is 0 Å². The summed E-state index contributed by atoms with van der Waals surface area (Å²) in [6, 6.07) is 15.4. The number of alkyl carbamates (subject to hydrolysis) is 1. The average Bonchev–Trinajstić information content (AvgIpc) is 2.97. The molecule has 1 amide bonds. The van der Waals surface area contributed by atoms with Crippen LogP contribution < -0.4 is 5.32 Å². The van der Waals surface area contributed by atoms with Crippen LogP contribution in [-0.2, 0) is 14.3 Å². The van der Waals surface area contributed by atoms with Crippen molar-refractivity contribution in [1.82, 2.24) is 5.32 Å². The maximum atomic E-state index is 12.1. The topological polar surface area (TPSA) is 84.9 Å². The standard InChI is InChI=1S/C20H21NO5/c1-13(23)25-11-14(10-22)21-20(24)26-12-19-17-8-4-2-6-15(17)16-7-3-5-9-18(16)19/h2-9,14,19,22H,10-12H2,1H3,(H,21,24)/t14-/m1/s1. The quantitative estimate of drug-likeness (QED) is 0.778. The first kappa shape index (κ1) is 17.9. The third-order valence-corrected chi connectivity index (χ3v) is 4.37. The third kappa shape index (κ3) is 3.86. The van der Waals surface area contributed by atoms with E-state index in [0.717, 1.165) is 22.3 Å². The Kier molecular flexibility index (Phi) is 5.53. The Hall–Kier alpha value is -2.86. The van der Waals surface area contributed by atoms with Crippen LogP contribution >= 0.6 is 0 Å². The van der Waals surface area contributed by atoms with Gasteiger partial charge in [0.1, 0.15) is 13.2 Å². The highest BCUT2D eigenvalue weighted by Gasteiger charge is 2.29. The Morgan fingerprint density at radius 1 is 1.04 bits per heavy atom. The number of benzene rings is 2. The van der Waals surface area contributed by atoms with E-state index in [4.69, 9.17) is 9.47 Å². The molecule has 2 aromatic rings. The number of amides is 1. The predicted molar refractivity (Wildman–Crippen MR) is 95.7 cm³/mol. The van der Waals surface area contributed by atoms with Gasteiger partial charge in [0.25, 0.3) is 0 Å². The van der Waals surface area contributed by atoms with Gasteiger partial charge in [0.15, 0.2) is 0 Å². The summed E-state index contributed by atoms with van der Waals surface area (Å²) < 4.78 is 10.2. The van der Waals surface area contributed by atoms with Crippen LogP contribution in [0.15, 0.2) is 48.5 Å². The van der Waals surface area contributed by atoms with Crippen LogP contribution in [0.3, 0.4) is 0 Å². The molecule has 1 aliphatic rings. The smallest absolute Gasteiger partial charge is 0.407 e. The fourth-order valence-electron chi connectivity index (χ4n) is 3.16. The third-order valence-electron chi connectivity index (χ3n) is 4.37. The van der Waals surface area contributed by atoms with Crippen molar-refractivity contribution in [3.8, 4) is 11.1 Å². The molecule has 2 N–H and O–H groups in total. The molecular formula is C20H21NO5. The van der Waals surface area contributed by atoms with Gasteiger partial charge in [-0.1, -0.05) is 48.5 Å². The highest BCUT2D eigenvalue weighted by atomic mass is 16.6. The number of nitrogens with one attached hydrogen (secondary N) is 1. The second-order valence-corrected chi connectivity index (χ2v) is 6.15. The summed E-state index contributed by atoms with van der Waals surface area (Å²) in [4.78, 5) is 22.9. The molecule has 0 saturated carbocycles. The van der Waals surface area contributed by atoms with Gasteiger partial charge in [0, 0.05) is 12.8 Å². The van der Waals surface area contributed by atoms with Crippen molar-refractivity contribution in [1.29, 1.82) is 0 Å². The Labute approximate surface area is 151 Å². The number of carbonyl (C=O) groups is 2. The van der Waals surface area contributed by atoms with Gasteiger partial charge < -0.3 is 19.9 Å². The summed E-state index contributed by atoms with van der Waals surface area (Å²) >= 11 is 0. The maximum absolute atomic E-state index is 12.1. The summed E-state index contributed by atoms with van der Waals surface area (Å²) in [5.74, 6) is -0.507. The minimum absolute atomic E-state index is 0.0332. The molecule has 0 bridgehead atoms. The van der Waals surface area contributed by atoms with Gasteiger partial charge in [-0.25, -0.2) is 4.79 Å². The number of fused-ring (bicyclic) bond motifs is 3. The van der Waals surface area contributed by atoms with Crippen LogP contribution in [0.25, 0.3) is 11.1 Å². The van der Waals surface area contributed by atoms with Crippen molar-refractivity contribution in [2.24, 2.45) is 0 Å². The van der Waals surface area contributed by atoms with Crippen LogP contribution in [0.4, 0.5) is 4.79 Å². The lowest BCUT2D eigenvalue weighted by molar-refractivity contribution is -0.141. The number of esters is 1. The molecule has 0 unspecified atom stereocenters. The van der Waals surface area contributed by atoms with E-state index in [1.807, 2.05) is 36.4 Å². The van der Waals surface area contributed by atoms with E-state index in [1.54, 1.807) is 0 Å². The molecule has 0 spiro atoms. The van der Waals surface area contributed by atoms with Crippen molar-refractivity contribution < 1.29 is 24.2 Å². The molecule has 0 aromatic heterocycles. The van der Waals surface area contributed by atoms with Crippen molar-refractivity contribution in [3.05, 3.63) is 59.7 Å². The average molecular weight is 355 g/mol. The zero-order chi connectivity index (χ0) is 18.5. The fourth-order valence-corrected chi connectivity index (χ4v) is 3.16. The molecule has 0 heterocycles. The normalized spacial score (nSPS) is 13.5. The minimum atomic E-state index is -0.699. The zero-order valence-electron chi connectivity index (χ0n) is 14.5. The molecule has 136 valence electrons. The van der Waals surface area contributed by atoms with Crippen LogP contribution in [0.2, 0.25) is 0 Å². The number of rotatable bonds is 6. The van der Waals surface area contributed by atoms with Gasteiger partial charge in [0.05, 0.1) is 12.6 Å². The van der Waals surface area contributed by atoms with Crippen LogP contribution in [0, 0.1) is 0 Å². The first-order valence-electron chi connectivity index (χ1n) is 8.46. The number of carbonyl (C=O) groups excluding carboxylic acids is 2. The number of aliphatic hydroxyl groups excluding tert-OH is 1. The SMILES string of the molecule is CC(=O)OC[C@@H](CO)NC(=O)OCC1c2ccccc2-c2ccccc21. The summed E-state index contributed by atoms with van der Waals surface area (Å²) in [5, 5.41) is 11.8. The molecule has 1 aliphatic carbocycles. The first-order chi connectivity index (χ1) is 12.6. The van der Waals surface area contributed by atoms with E-state index >= 15 is 0 Å². The molecule has 2 aromatic carbocycles. The van der Waals surface area contributed by atoms with E-state index in [2.05, 4.69) is 17.4 Å². The van der Waals surface area contributed by atoms with E-state index < -0.39 is 18.1 Å². The predicted octanol–water partition coefficient (Wildman–Crippen LogP) is 2.45. The van der Waals surface area contributed by atoms with Crippen molar-refractivity contribution in [3.63, 3.8) is 0 Å². The lowest BCUT2D eigenvalue weighted by Gasteiger charge is -2.18. The molecule has 3 rings (SSSR count). The van der Waals surface area contributed by atoms with Gasteiger partial charge in [-0.3, -0.25) is 4.79 Å². The molecule has 26 heavy (non-hydrogen) atoms. The van der Waals surface area contributed by atoms with Gasteiger partial charge in [-0.05, 0) is 22.3 Å². The second kappa shape index (κ2) is 8.01. The summed E-state index contributed by atoms with van der Waals surface area (Å²) in [5.41, 5.74) is 4.56. The molecule has 0 radical (unpaired) electrons. The minimum Gasteiger partial charge on any atom is -0.464 e. The van der Waals surface area contributed by atoms with Gasteiger partial charge in [0.2, 0.25) is 0 Å². The number of aliphatic hydroxyl groups is 1. The van der Waals surface area contributed by atoms with Crippen molar-refractivity contribution >= 4 is 12.1 Å². The van der Waals surface area contributed by atoms with Gasteiger partial charge >= 0.3 is 12.1 Å². The summed E-state index contributed by atoms with van der Waals surface area (Å²) in [6.07, 6.45) is -0.655. The zero-order valence-corrected chi connectivity index (χ0v) is 14.5. The Morgan fingerprint density at radius 3 is 2.15 bits per heavy atom. The number of ether oxygens (including phenoxy) is 2. The molecule has 0 fully saturated rings. The van der Waals surface area contributed by atoms with E-state index in [-0.39, 0.29) is 25.7 Å². The van der Waals surface area contributed by atoms with Crippen molar-refractivity contribution in [2.75, 3.05) is 19.8 Å². The van der Waals surface area contributed by atoms with Gasteiger partial charge in [-0.2, -0.15) is 0 Å². The fraction of sp³-hybridized carbons (Fsp3) is 0.300. The number of hydrogen-bond acceptors (Lipinski definition) is 5. The maximum Gasteiger partial charge on any atom is 0.407 e. The van der Waals surface area contributed by atoms with Crippen LogP contribution in [0.1, 0.15) is 24.0 Å². The van der Waals surface area contributed by atoms with E-state index in [0.29, 0.717) is 0 Å². The summed E-state index contributed by atoms with van der Waals surface area (Å²) in [7, 11) is 0. The van der Waals surface area contributed by atoms with E-state index in [9.17, 15) is 14.7 Å². The molecular weight excluding hydrogens is 334 g/mol. The van der Waals surface area contributed by atoms with Gasteiger partial charge in [-0.15, -0.1) is 0 Å². The van der Waals surface area contributed by atoms with Crippen molar-refractivity contribution in [2.45, 2.75) is 18.9 Å². The van der Waals surface area contributed by atoms with E-state index in [1.165, 1.54) is 6.92 Å². The summed E-state index contributed by atoms with van der Waals surface area (Å²) in [6.45, 7) is 1.00.